The van der Waals surface area contributed by atoms with Crippen LogP contribution in [0.3, 0.4) is 0 Å². The van der Waals surface area contributed by atoms with Gasteiger partial charge in [-0.1, -0.05) is 19.3 Å². The van der Waals surface area contributed by atoms with Gasteiger partial charge < -0.3 is 9.64 Å². The number of halogens is 3. The molecule has 128 valence electrons. The van der Waals surface area contributed by atoms with E-state index >= 15 is 0 Å². The van der Waals surface area contributed by atoms with Crippen LogP contribution in [0, 0.1) is 11.3 Å². The molecule has 0 aromatic carbocycles. The van der Waals surface area contributed by atoms with E-state index in [1.54, 1.807) is 0 Å². The van der Waals surface area contributed by atoms with Gasteiger partial charge in [-0.05, 0) is 57.5 Å². The van der Waals surface area contributed by atoms with Crippen molar-refractivity contribution in [2.45, 2.75) is 70.1 Å². The Bertz CT molecular complexity index is 353. The number of rotatable bonds is 5. The smallest absolute Gasteiger partial charge is 0.378 e. The third-order valence-electron chi connectivity index (χ3n) is 5.81. The van der Waals surface area contributed by atoms with Gasteiger partial charge in [0.05, 0.1) is 11.5 Å². The van der Waals surface area contributed by atoms with Crippen molar-refractivity contribution in [1.82, 2.24) is 4.90 Å². The standard InChI is InChI=1S/C17H28F3NO/c18-17(19,20)16(8-9-16)13-21-10-6-14(7-11-21)12-22-15-4-2-1-3-5-15/h14-15H,1-13H2. The first-order chi connectivity index (χ1) is 10.5. The average molecular weight is 319 g/mol. The molecule has 1 aliphatic heterocycles. The highest BCUT2D eigenvalue weighted by Gasteiger charge is 2.63. The molecule has 5 heteroatoms. The van der Waals surface area contributed by atoms with E-state index in [0.717, 1.165) is 32.5 Å². The molecule has 0 bridgehead atoms. The molecular formula is C17H28F3NO. The molecule has 0 unspecified atom stereocenters. The van der Waals surface area contributed by atoms with E-state index in [9.17, 15) is 13.2 Å². The van der Waals surface area contributed by atoms with Gasteiger partial charge in [0.2, 0.25) is 0 Å². The van der Waals surface area contributed by atoms with Crippen molar-refractivity contribution >= 4 is 0 Å². The van der Waals surface area contributed by atoms with Crippen molar-refractivity contribution in [3.63, 3.8) is 0 Å². The highest BCUT2D eigenvalue weighted by Crippen LogP contribution is 2.58. The summed E-state index contributed by atoms with van der Waals surface area (Å²) in [5.41, 5.74) is -1.38. The fraction of sp³-hybridized carbons (Fsp3) is 1.00. The van der Waals surface area contributed by atoms with Gasteiger partial charge in [0.15, 0.2) is 0 Å². The number of ether oxygens (including phenoxy) is 1. The molecule has 0 aromatic heterocycles. The number of nitrogens with zero attached hydrogens (tertiary/aromatic N) is 1. The van der Waals surface area contributed by atoms with Crippen LogP contribution in [0.25, 0.3) is 0 Å². The predicted octanol–water partition coefficient (Wildman–Crippen LogP) is 4.39. The van der Waals surface area contributed by atoms with Crippen molar-refractivity contribution in [3.05, 3.63) is 0 Å². The zero-order valence-electron chi connectivity index (χ0n) is 13.3. The van der Waals surface area contributed by atoms with Gasteiger partial charge in [0.25, 0.3) is 0 Å². The summed E-state index contributed by atoms with van der Waals surface area (Å²) in [5, 5.41) is 0. The van der Waals surface area contributed by atoms with E-state index in [1.165, 1.54) is 32.1 Å². The van der Waals surface area contributed by atoms with Crippen LogP contribution in [-0.2, 0) is 4.74 Å². The molecule has 3 aliphatic rings. The van der Waals surface area contributed by atoms with Gasteiger partial charge in [-0.2, -0.15) is 13.2 Å². The molecule has 3 fully saturated rings. The molecule has 3 rings (SSSR count). The normalized spacial score (nSPS) is 28.0. The van der Waals surface area contributed by atoms with Crippen LogP contribution in [-0.4, -0.2) is 43.4 Å². The van der Waals surface area contributed by atoms with Crippen LogP contribution < -0.4 is 0 Å². The predicted molar refractivity (Wildman–Crippen MR) is 79.7 cm³/mol. The molecular weight excluding hydrogens is 291 g/mol. The summed E-state index contributed by atoms with van der Waals surface area (Å²) in [4.78, 5) is 2.03. The Balaban J connectivity index is 1.36. The second-order valence-electron chi connectivity index (χ2n) is 7.59. The summed E-state index contributed by atoms with van der Waals surface area (Å²) in [6.07, 6.45) is 5.30. The first-order valence-corrected chi connectivity index (χ1v) is 8.89. The minimum absolute atomic E-state index is 0.215. The molecule has 2 aliphatic carbocycles. The lowest BCUT2D eigenvalue weighted by molar-refractivity contribution is -0.192. The molecule has 1 heterocycles. The topological polar surface area (TPSA) is 12.5 Å². The molecule has 1 saturated heterocycles. The lowest BCUT2D eigenvalue weighted by atomic mass is 9.95. The van der Waals surface area contributed by atoms with Gasteiger partial charge >= 0.3 is 6.18 Å². The Morgan fingerprint density at radius 3 is 2.14 bits per heavy atom. The molecule has 0 radical (unpaired) electrons. The number of likely N-dealkylation sites (tertiary alicyclic amines) is 1. The van der Waals surface area contributed by atoms with Crippen molar-refractivity contribution in [2.24, 2.45) is 11.3 Å². The number of hydrogen-bond acceptors (Lipinski definition) is 2. The van der Waals surface area contributed by atoms with Gasteiger partial charge in [0.1, 0.15) is 0 Å². The maximum Gasteiger partial charge on any atom is 0.395 e. The first-order valence-electron chi connectivity index (χ1n) is 8.89. The summed E-state index contributed by atoms with van der Waals surface area (Å²) in [6, 6.07) is 0. The van der Waals surface area contributed by atoms with Crippen molar-refractivity contribution < 1.29 is 17.9 Å². The summed E-state index contributed by atoms with van der Waals surface area (Å²) in [5.74, 6) is 0.541. The monoisotopic (exact) mass is 319 g/mol. The summed E-state index contributed by atoms with van der Waals surface area (Å²) in [6.45, 7) is 2.63. The minimum atomic E-state index is -4.02. The summed E-state index contributed by atoms with van der Waals surface area (Å²) < 4.78 is 45.0. The summed E-state index contributed by atoms with van der Waals surface area (Å²) in [7, 11) is 0. The quantitative estimate of drug-likeness (QED) is 0.745. The molecule has 22 heavy (non-hydrogen) atoms. The van der Waals surface area contributed by atoms with E-state index in [0.29, 0.717) is 24.9 Å². The van der Waals surface area contributed by atoms with Crippen molar-refractivity contribution in [2.75, 3.05) is 26.2 Å². The van der Waals surface area contributed by atoms with Gasteiger partial charge in [-0.25, -0.2) is 0 Å². The molecule has 0 atom stereocenters. The molecule has 2 nitrogen and oxygen atoms in total. The Hall–Kier alpha value is -0.290. The molecule has 0 aromatic rings. The van der Waals surface area contributed by atoms with E-state index < -0.39 is 11.6 Å². The van der Waals surface area contributed by atoms with Crippen LogP contribution >= 0.6 is 0 Å². The molecule has 0 amide bonds. The zero-order chi connectivity index (χ0) is 15.6. The van der Waals surface area contributed by atoms with E-state index in [1.807, 2.05) is 4.90 Å². The van der Waals surface area contributed by atoms with Crippen molar-refractivity contribution in [3.8, 4) is 0 Å². The van der Waals surface area contributed by atoms with Crippen LogP contribution in [0.15, 0.2) is 0 Å². The van der Waals surface area contributed by atoms with Gasteiger partial charge in [0, 0.05) is 13.2 Å². The third kappa shape index (κ3) is 3.97. The fourth-order valence-corrected chi connectivity index (χ4v) is 3.93. The second kappa shape index (κ2) is 6.68. The van der Waals surface area contributed by atoms with Crippen LogP contribution in [0.2, 0.25) is 0 Å². The number of alkyl halides is 3. The first kappa shape index (κ1) is 16.6. The lowest BCUT2D eigenvalue weighted by Crippen LogP contribution is -2.43. The fourth-order valence-electron chi connectivity index (χ4n) is 3.93. The number of hydrogen-bond donors (Lipinski definition) is 0. The van der Waals surface area contributed by atoms with E-state index in [2.05, 4.69) is 0 Å². The van der Waals surface area contributed by atoms with Crippen LogP contribution in [0.4, 0.5) is 13.2 Å². The van der Waals surface area contributed by atoms with Crippen molar-refractivity contribution in [1.29, 1.82) is 0 Å². The van der Waals surface area contributed by atoms with E-state index in [4.69, 9.17) is 4.74 Å². The number of piperidine rings is 1. The Labute approximate surface area is 131 Å². The maximum absolute atomic E-state index is 13.0. The average Bonchev–Trinajstić information content (AvgIpc) is 3.28. The Morgan fingerprint density at radius 1 is 0.955 bits per heavy atom. The van der Waals surface area contributed by atoms with Crippen LogP contribution in [0.5, 0.6) is 0 Å². The van der Waals surface area contributed by atoms with Crippen LogP contribution in [0.1, 0.15) is 57.8 Å². The second-order valence-corrected chi connectivity index (χ2v) is 7.59. The molecule has 0 N–H and O–H groups in total. The summed E-state index contributed by atoms with van der Waals surface area (Å²) >= 11 is 0. The largest absolute Gasteiger partial charge is 0.395 e. The highest BCUT2D eigenvalue weighted by molar-refractivity contribution is 5.01. The van der Waals surface area contributed by atoms with Gasteiger partial charge in [-0.3, -0.25) is 0 Å². The third-order valence-corrected chi connectivity index (χ3v) is 5.81. The Morgan fingerprint density at radius 2 is 1.59 bits per heavy atom. The molecule has 0 spiro atoms. The zero-order valence-corrected chi connectivity index (χ0v) is 13.3. The maximum atomic E-state index is 13.0. The van der Waals surface area contributed by atoms with E-state index in [-0.39, 0.29) is 6.54 Å². The highest BCUT2D eigenvalue weighted by atomic mass is 19.4. The van der Waals surface area contributed by atoms with Gasteiger partial charge in [-0.15, -0.1) is 0 Å². The lowest BCUT2D eigenvalue weighted by Gasteiger charge is -2.35. The Kier molecular flexibility index (Phi) is 5.03. The minimum Gasteiger partial charge on any atom is -0.378 e. The molecule has 2 saturated carbocycles. The SMILES string of the molecule is FC(F)(F)C1(CN2CCC(COC3CCCCC3)CC2)CC1.